The van der Waals surface area contributed by atoms with Crippen molar-refractivity contribution in [3.05, 3.63) is 30.1 Å². The van der Waals surface area contributed by atoms with Crippen molar-refractivity contribution >= 4 is 15.6 Å². The van der Waals surface area contributed by atoms with Crippen LogP contribution in [-0.4, -0.2) is 30.7 Å². The molecule has 0 aromatic carbocycles. The number of carbonyl (C=O) groups excluding carboxylic acids is 1. The van der Waals surface area contributed by atoms with Gasteiger partial charge in [-0.15, -0.1) is 0 Å². The van der Waals surface area contributed by atoms with Gasteiger partial charge < -0.3 is 0 Å². The summed E-state index contributed by atoms with van der Waals surface area (Å²) in [6.45, 7) is 0. The Bertz CT molecular complexity index is 481. The summed E-state index contributed by atoms with van der Waals surface area (Å²) in [6.07, 6.45) is 4.04. The zero-order valence-electron chi connectivity index (χ0n) is 8.80. The first-order valence-electron chi connectivity index (χ1n) is 5.20. The van der Waals surface area contributed by atoms with Crippen molar-refractivity contribution < 1.29 is 13.2 Å². The third-order valence-electron chi connectivity index (χ3n) is 2.78. The third kappa shape index (κ3) is 2.66. The minimum atomic E-state index is -2.89. The molecule has 1 unspecified atom stereocenters. The van der Waals surface area contributed by atoms with Gasteiger partial charge in [0.05, 0.1) is 11.5 Å². The summed E-state index contributed by atoms with van der Waals surface area (Å²) in [5, 5.41) is 0. The number of hydrogen-bond acceptors (Lipinski definition) is 4. The predicted octanol–water partition coefficient (Wildman–Crippen LogP) is 1.09. The highest BCUT2D eigenvalue weighted by molar-refractivity contribution is 7.91. The number of sulfone groups is 1. The van der Waals surface area contributed by atoms with E-state index >= 15 is 0 Å². The molecule has 0 saturated carbocycles. The van der Waals surface area contributed by atoms with Crippen LogP contribution in [0, 0.1) is 5.92 Å². The largest absolute Gasteiger partial charge is 0.294 e. The zero-order chi connectivity index (χ0) is 11.6. The third-order valence-corrected chi connectivity index (χ3v) is 4.62. The first-order valence-corrected chi connectivity index (χ1v) is 7.02. The molecule has 2 rings (SSSR count). The molecule has 2 heterocycles. The predicted molar refractivity (Wildman–Crippen MR) is 59.9 cm³/mol. The molecule has 1 aromatic heterocycles. The molecule has 0 spiro atoms. The average Bonchev–Trinajstić information content (AvgIpc) is 2.59. The minimum Gasteiger partial charge on any atom is -0.294 e. The fourth-order valence-electron chi connectivity index (χ4n) is 1.94. The second-order valence-corrected chi connectivity index (χ2v) is 6.37. The Morgan fingerprint density at radius 3 is 2.88 bits per heavy atom. The molecule has 0 aliphatic carbocycles. The Hall–Kier alpha value is -1.23. The molecule has 1 fully saturated rings. The Balaban J connectivity index is 1.99. The second kappa shape index (κ2) is 4.33. The van der Waals surface area contributed by atoms with E-state index in [2.05, 4.69) is 4.98 Å². The molecule has 1 aromatic rings. The second-order valence-electron chi connectivity index (χ2n) is 4.14. The number of aromatic nitrogens is 1. The molecular weight excluding hydrogens is 226 g/mol. The Labute approximate surface area is 94.6 Å². The molecule has 0 radical (unpaired) electrons. The van der Waals surface area contributed by atoms with Crippen LogP contribution in [-0.2, 0) is 9.84 Å². The molecule has 4 nitrogen and oxygen atoms in total. The van der Waals surface area contributed by atoms with Gasteiger partial charge in [-0.05, 0) is 24.5 Å². The van der Waals surface area contributed by atoms with E-state index in [9.17, 15) is 13.2 Å². The standard InChI is InChI=1S/C11H13NO3S/c13-11(10-2-1-4-12-7-10)6-9-3-5-16(14,15)8-9/h1-2,4,7,9H,3,5-6,8H2. The van der Waals surface area contributed by atoms with Crippen molar-refractivity contribution in [3.63, 3.8) is 0 Å². The van der Waals surface area contributed by atoms with Crippen LogP contribution in [0.5, 0.6) is 0 Å². The number of nitrogens with zero attached hydrogens (tertiary/aromatic N) is 1. The summed E-state index contributed by atoms with van der Waals surface area (Å²) >= 11 is 0. The lowest BCUT2D eigenvalue weighted by Crippen LogP contribution is -2.10. The molecule has 0 N–H and O–H groups in total. The van der Waals surface area contributed by atoms with Gasteiger partial charge in [-0.1, -0.05) is 0 Å². The first kappa shape index (κ1) is 11.3. The van der Waals surface area contributed by atoms with Gasteiger partial charge in [0.2, 0.25) is 0 Å². The number of hydrogen-bond donors (Lipinski definition) is 0. The molecule has 1 aliphatic heterocycles. The topological polar surface area (TPSA) is 64.1 Å². The van der Waals surface area contributed by atoms with Crippen molar-refractivity contribution in [1.29, 1.82) is 0 Å². The number of pyridine rings is 1. The smallest absolute Gasteiger partial charge is 0.164 e. The lowest BCUT2D eigenvalue weighted by atomic mass is 9.99. The van der Waals surface area contributed by atoms with E-state index in [-0.39, 0.29) is 23.2 Å². The van der Waals surface area contributed by atoms with Crippen LogP contribution in [0.15, 0.2) is 24.5 Å². The summed E-state index contributed by atoms with van der Waals surface area (Å²) in [5.74, 6) is 0.338. The molecule has 1 atom stereocenters. The van der Waals surface area contributed by atoms with E-state index in [1.54, 1.807) is 18.3 Å². The van der Waals surface area contributed by atoms with Crippen molar-refractivity contribution in [2.75, 3.05) is 11.5 Å². The van der Waals surface area contributed by atoms with E-state index in [1.807, 2.05) is 0 Å². The normalized spacial score (nSPS) is 23.1. The molecule has 86 valence electrons. The number of carbonyl (C=O) groups is 1. The van der Waals surface area contributed by atoms with Gasteiger partial charge in [-0.25, -0.2) is 8.42 Å². The summed E-state index contributed by atoms with van der Waals surface area (Å²) < 4.78 is 22.5. The molecule has 5 heteroatoms. The SMILES string of the molecule is O=C(CC1CCS(=O)(=O)C1)c1cccnc1. The van der Waals surface area contributed by atoms with E-state index in [4.69, 9.17) is 0 Å². The maximum Gasteiger partial charge on any atom is 0.164 e. The average molecular weight is 239 g/mol. The van der Waals surface area contributed by atoms with Crippen LogP contribution in [0.2, 0.25) is 0 Å². The van der Waals surface area contributed by atoms with Crippen LogP contribution in [0.3, 0.4) is 0 Å². The van der Waals surface area contributed by atoms with Crippen LogP contribution < -0.4 is 0 Å². The first-order chi connectivity index (χ1) is 7.57. The lowest BCUT2D eigenvalue weighted by Gasteiger charge is -2.05. The molecule has 1 aliphatic rings. The number of Topliss-reactive ketones (excluding diaryl/α,β-unsaturated/α-hetero) is 1. The van der Waals surface area contributed by atoms with Crippen LogP contribution in [0.1, 0.15) is 23.2 Å². The van der Waals surface area contributed by atoms with Gasteiger partial charge >= 0.3 is 0 Å². The van der Waals surface area contributed by atoms with E-state index in [0.29, 0.717) is 18.4 Å². The summed E-state index contributed by atoms with van der Waals surface area (Å²) in [7, 11) is -2.89. The molecular formula is C11H13NO3S. The van der Waals surface area contributed by atoms with Gasteiger partial charge in [0.1, 0.15) is 0 Å². The number of rotatable bonds is 3. The minimum absolute atomic E-state index is 0.0160. The van der Waals surface area contributed by atoms with Crippen molar-refractivity contribution in [1.82, 2.24) is 4.98 Å². The monoisotopic (exact) mass is 239 g/mol. The Morgan fingerprint density at radius 2 is 2.31 bits per heavy atom. The van der Waals surface area contributed by atoms with Crippen molar-refractivity contribution in [3.8, 4) is 0 Å². The van der Waals surface area contributed by atoms with Crippen molar-refractivity contribution in [2.24, 2.45) is 5.92 Å². The van der Waals surface area contributed by atoms with Crippen LogP contribution in [0.4, 0.5) is 0 Å². The van der Waals surface area contributed by atoms with E-state index < -0.39 is 9.84 Å². The van der Waals surface area contributed by atoms with Crippen molar-refractivity contribution in [2.45, 2.75) is 12.8 Å². The summed E-state index contributed by atoms with van der Waals surface area (Å²) in [6, 6.07) is 3.41. The summed E-state index contributed by atoms with van der Waals surface area (Å²) in [4.78, 5) is 15.6. The van der Waals surface area contributed by atoms with Crippen LogP contribution >= 0.6 is 0 Å². The lowest BCUT2D eigenvalue weighted by molar-refractivity contribution is 0.0965. The Kier molecular flexibility index (Phi) is 3.05. The maximum atomic E-state index is 11.8. The highest BCUT2D eigenvalue weighted by Crippen LogP contribution is 2.23. The molecule has 0 bridgehead atoms. The molecule has 0 amide bonds. The molecule has 1 saturated heterocycles. The van der Waals surface area contributed by atoms with Gasteiger partial charge in [-0.2, -0.15) is 0 Å². The maximum absolute atomic E-state index is 11.8. The van der Waals surface area contributed by atoms with E-state index in [0.717, 1.165) is 0 Å². The zero-order valence-corrected chi connectivity index (χ0v) is 9.61. The Morgan fingerprint density at radius 1 is 1.50 bits per heavy atom. The number of ketones is 1. The van der Waals surface area contributed by atoms with E-state index in [1.165, 1.54) is 6.20 Å². The van der Waals surface area contributed by atoms with Gasteiger partial charge in [0.25, 0.3) is 0 Å². The quantitative estimate of drug-likeness (QED) is 0.741. The van der Waals surface area contributed by atoms with Crippen LogP contribution in [0.25, 0.3) is 0 Å². The van der Waals surface area contributed by atoms with Gasteiger partial charge in [0, 0.05) is 24.4 Å². The fraction of sp³-hybridized carbons (Fsp3) is 0.455. The highest BCUT2D eigenvalue weighted by Gasteiger charge is 2.29. The van der Waals surface area contributed by atoms with Gasteiger partial charge in [0.15, 0.2) is 15.6 Å². The highest BCUT2D eigenvalue weighted by atomic mass is 32.2. The van der Waals surface area contributed by atoms with Gasteiger partial charge in [-0.3, -0.25) is 9.78 Å². The summed E-state index contributed by atoms with van der Waals surface area (Å²) in [5.41, 5.74) is 0.562. The fourth-order valence-corrected chi connectivity index (χ4v) is 3.80. The molecule has 16 heavy (non-hydrogen) atoms.